The first-order chi connectivity index (χ1) is 9.10. The van der Waals surface area contributed by atoms with Gasteiger partial charge in [-0.15, -0.1) is 24.0 Å². The fourth-order valence-corrected chi connectivity index (χ4v) is 2.54. The summed E-state index contributed by atoms with van der Waals surface area (Å²) in [6.07, 6.45) is 2.71. The molecule has 6 heteroatoms. The molecule has 0 aliphatic heterocycles. The molecule has 1 N–H and O–H groups in total. The zero-order valence-corrected chi connectivity index (χ0v) is 12.0. The Morgan fingerprint density at radius 3 is 3.00 bits per heavy atom. The number of carbonyl (C=O) groups excluding carboxylic acids is 1. The van der Waals surface area contributed by atoms with Crippen molar-refractivity contribution in [1.29, 1.82) is 0 Å². The van der Waals surface area contributed by atoms with Crippen LogP contribution in [0.1, 0.15) is 27.2 Å². The van der Waals surface area contributed by atoms with Crippen LogP contribution in [-0.4, -0.2) is 10.9 Å². The quantitative estimate of drug-likeness (QED) is 0.852. The van der Waals surface area contributed by atoms with Gasteiger partial charge < -0.3 is 5.32 Å². The van der Waals surface area contributed by atoms with Crippen LogP contribution in [0.4, 0.5) is 4.39 Å². The fraction of sp³-hybridized carbons (Fsp3) is 0.231. The second-order valence-electron chi connectivity index (χ2n) is 3.92. The predicted molar refractivity (Wildman–Crippen MR) is 76.3 cm³/mol. The molecule has 100 valence electrons. The number of hydrogen-bond donors (Lipinski definition) is 2. The molecule has 1 amide bonds. The van der Waals surface area contributed by atoms with E-state index in [4.69, 9.17) is 0 Å². The Morgan fingerprint density at radius 2 is 2.32 bits per heavy atom. The van der Waals surface area contributed by atoms with Gasteiger partial charge in [0.25, 0.3) is 5.91 Å². The van der Waals surface area contributed by atoms with E-state index in [-0.39, 0.29) is 5.56 Å². The maximum absolute atomic E-state index is 13.5. The van der Waals surface area contributed by atoms with Crippen LogP contribution in [0.5, 0.6) is 0 Å². The van der Waals surface area contributed by atoms with Gasteiger partial charge in [0.2, 0.25) is 0 Å². The Kier molecular flexibility index (Phi) is 4.55. The Bertz CT molecular complexity index is 598. The zero-order chi connectivity index (χ0) is 13.8. The number of aryl methyl sites for hydroxylation is 1. The van der Waals surface area contributed by atoms with Crippen molar-refractivity contribution in [2.45, 2.75) is 24.8 Å². The summed E-state index contributed by atoms with van der Waals surface area (Å²) in [5, 5.41) is 3.47. The number of hydrogen-bond acceptors (Lipinski definition) is 4. The van der Waals surface area contributed by atoms with Crippen molar-refractivity contribution in [2.24, 2.45) is 0 Å². The van der Waals surface area contributed by atoms with Crippen LogP contribution < -0.4 is 5.32 Å². The summed E-state index contributed by atoms with van der Waals surface area (Å²) in [4.78, 5) is 17.8. The van der Waals surface area contributed by atoms with Gasteiger partial charge in [0.05, 0.1) is 12.1 Å². The van der Waals surface area contributed by atoms with Gasteiger partial charge in [-0.05, 0) is 24.6 Å². The molecule has 3 nitrogen and oxygen atoms in total. The number of halogens is 1. The smallest absolute Gasteiger partial charge is 0.254 e. The largest absolute Gasteiger partial charge is 0.345 e. The summed E-state index contributed by atoms with van der Waals surface area (Å²) in [6, 6.07) is 4.15. The van der Waals surface area contributed by atoms with Crippen molar-refractivity contribution in [2.75, 3.05) is 0 Å². The molecule has 1 aromatic heterocycles. The summed E-state index contributed by atoms with van der Waals surface area (Å²) in [7, 11) is 0. The molecule has 2 rings (SSSR count). The summed E-state index contributed by atoms with van der Waals surface area (Å²) in [5.74, 6) is -1.01. The molecule has 2 aromatic rings. The van der Waals surface area contributed by atoms with Crippen molar-refractivity contribution in [3.05, 3.63) is 45.7 Å². The van der Waals surface area contributed by atoms with Gasteiger partial charge in [-0.1, -0.05) is 6.92 Å². The van der Waals surface area contributed by atoms with Crippen molar-refractivity contribution in [1.82, 2.24) is 10.3 Å². The fourth-order valence-electron chi connectivity index (χ4n) is 1.53. The van der Waals surface area contributed by atoms with E-state index in [1.165, 1.54) is 18.2 Å². The van der Waals surface area contributed by atoms with E-state index < -0.39 is 11.7 Å². The van der Waals surface area contributed by atoms with Crippen LogP contribution in [0.15, 0.2) is 29.3 Å². The van der Waals surface area contributed by atoms with E-state index in [9.17, 15) is 9.18 Å². The number of thiazole rings is 1. The third-order valence-electron chi connectivity index (χ3n) is 2.54. The average Bonchev–Trinajstić information content (AvgIpc) is 2.87. The minimum atomic E-state index is -0.552. The molecule has 0 atom stereocenters. The minimum absolute atomic E-state index is 0.000212. The van der Waals surface area contributed by atoms with Crippen molar-refractivity contribution >= 4 is 29.9 Å². The maximum atomic E-state index is 13.5. The van der Waals surface area contributed by atoms with E-state index in [1.807, 2.05) is 6.92 Å². The lowest BCUT2D eigenvalue weighted by atomic mass is 10.2. The molecule has 0 saturated carbocycles. The predicted octanol–water partition coefficient (Wildman–Crippen LogP) is 3.06. The first-order valence-corrected chi connectivity index (χ1v) is 7.06. The van der Waals surface area contributed by atoms with E-state index in [2.05, 4.69) is 22.9 Å². The highest BCUT2D eigenvalue weighted by molar-refractivity contribution is 7.80. The topological polar surface area (TPSA) is 42.0 Å². The molecular weight excluding hydrogens is 283 g/mol. The lowest BCUT2D eigenvalue weighted by Crippen LogP contribution is -2.23. The highest BCUT2D eigenvalue weighted by Crippen LogP contribution is 2.15. The molecule has 19 heavy (non-hydrogen) atoms. The van der Waals surface area contributed by atoms with Crippen LogP contribution in [0.25, 0.3) is 0 Å². The number of carbonyl (C=O) groups is 1. The summed E-state index contributed by atoms with van der Waals surface area (Å²) >= 11 is 5.64. The lowest BCUT2D eigenvalue weighted by Gasteiger charge is -2.05. The first-order valence-electron chi connectivity index (χ1n) is 5.80. The molecule has 0 spiro atoms. The van der Waals surface area contributed by atoms with Crippen molar-refractivity contribution < 1.29 is 9.18 Å². The summed E-state index contributed by atoms with van der Waals surface area (Å²) in [6.45, 7) is 2.35. The zero-order valence-electron chi connectivity index (χ0n) is 10.3. The van der Waals surface area contributed by atoms with Crippen LogP contribution >= 0.6 is 24.0 Å². The van der Waals surface area contributed by atoms with Crippen molar-refractivity contribution in [3.8, 4) is 0 Å². The van der Waals surface area contributed by atoms with Crippen LogP contribution in [0, 0.1) is 5.82 Å². The molecule has 0 radical (unpaired) electrons. The molecule has 0 aliphatic rings. The lowest BCUT2D eigenvalue weighted by molar-refractivity contribution is 0.0946. The number of amides is 1. The molecule has 0 unspecified atom stereocenters. The van der Waals surface area contributed by atoms with E-state index in [0.29, 0.717) is 11.4 Å². The molecule has 0 aliphatic carbocycles. The number of rotatable bonds is 4. The summed E-state index contributed by atoms with van der Waals surface area (Å²) < 4.78 is 13.5. The van der Waals surface area contributed by atoms with Crippen LogP contribution in [0.2, 0.25) is 0 Å². The van der Waals surface area contributed by atoms with Gasteiger partial charge in [0, 0.05) is 16.0 Å². The third kappa shape index (κ3) is 3.54. The minimum Gasteiger partial charge on any atom is -0.345 e. The highest BCUT2D eigenvalue weighted by Gasteiger charge is 2.12. The third-order valence-corrected chi connectivity index (χ3v) is 3.96. The van der Waals surface area contributed by atoms with Crippen LogP contribution in [-0.2, 0) is 13.0 Å². The SMILES string of the molecule is CCc1cnc(CNC(=O)c2cc(S)ccc2F)s1. The molecular formula is C13H13FN2OS2. The maximum Gasteiger partial charge on any atom is 0.254 e. The van der Waals surface area contributed by atoms with Gasteiger partial charge in [0.15, 0.2) is 0 Å². The monoisotopic (exact) mass is 296 g/mol. The Morgan fingerprint density at radius 1 is 1.53 bits per heavy atom. The number of benzene rings is 1. The van der Waals surface area contributed by atoms with E-state index in [0.717, 1.165) is 16.3 Å². The second-order valence-corrected chi connectivity index (χ2v) is 5.64. The standard InChI is InChI=1S/C13H13FN2OS2/c1-2-9-6-15-12(19-9)7-16-13(17)10-5-8(18)3-4-11(10)14/h3-6,18H,2,7H2,1H3,(H,16,17). The van der Waals surface area contributed by atoms with Gasteiger partial charge in [-0.25, -0.2) is 9.37 Å². The van der Waals surface area contributed by atoms with Crippen molar-refractivity contribution in [3.63, 3.8) is 0 Å². The van der Waals surface area contributed by atoms with Crippen LogP contribution in [0.3, 0.4) is 0 Å². The highest BCUT2D eigenvalue weighted by atomic mass is 32.1. The number of nitrogens with one attached hydrogen (secondary N) is 1. The Balaban J connectivity index is 2.03. The van der Waals surface area contributed by atoms with Gasteiger partial charge >= 0.3 is 0 Å². The normalized spacial score (nSPS) is 10.5. The van der Waals surface area contributed by atoms with E-state index in [1.54, 1.807) is 17.5 Å². The van der Waals surface area contributed by atoms with Gasteiger partial charge in [-0.3, -0.25) is 4.79 Å². The first kappa shape index (κ1) is 14.0. The Labute approximate surface area is 120 Å². The molecule has 0 fully saturated rings. The molecule has 0 bridgehead atoms. The summed E-state index contributed by atoms with van der Waals surface area (Å²) in [5.41, 5.74) is -0.000212. The second kappa shape index (κ2) is 6.16. The molecule has 1 aromatic carbocycles. The molecule has 0 saturated heterocycles. The number of thiol groups is 1. The average molecular weight is 296 g/mol. The van der Waals surface area contributed by atoms with E-state index >= 15 is 0 Å². The van der Waals surface area contributed by atoms with Gasteiger partial charge in [0.1, 0.15) is 10.8 Å². The molecule has 1 heterocycles. The Hall–Kier alpha value is -1.40. The number of aromatic nitrogens is 1. The number of nitrogens with zero attached hydrogens (tertiary/aromatic N) is 1. The van der Waals surface area contributed by atoms with Gasteiger partial charge in [-0.2, -0.15) is 0 Å².